The number of thiazole rings is 1. The highest BCUT2D eigenvalue weighted by atomic mass is 32.1. The van der Waals surface area contributed by atoms with Gasteiger partial charge in [-0.1, -0.05) is 0 Å². The molecule has 0 aliphatic rings. The number of rotatable bonds is 4. The molecule has 2 N–H and O–H groups in total. The number of aromatic nitrogens is 1. The Hall–Kier alpha value is -0.450. The third-order valence-electron chi connectivity index (χ3n) is 1.75. The van der Waals surface area contributed by atoms with Crippen LogP contribution in [0.15, 0.2) is 11.6 Å². The zero-order valence-electron chi connectivity index (χ0n) is 7.41. The molecule has 1 atom stereocenters. The zero-order valence-corrected chi connectivity index (χ0v) is 8.23. The fourth-order valence-corrected chi connectivity index (χ4v) is 1.67. The van der Waals surface area contributed by atoms with Gasteiger partial charge in [-0.15, -0.1) is 11.3 Å². The highest BCUT2D eigenvalue weighted by Crippen LogP contribution is 2.23. The summed E-state index contributed by atoms with van der Waals surface area (Å²) in [5, 5.41) is 2.91. The molecule has 0 radical (unpaired) electrons. The van der Waals surface area contributed by atoms with Gasteiger partial charge in [0.1, 0.15) is 5.01 Å². The lowest BCUT2D eigenvalue weighted by Gasteiger charge is -2.20. The molecule has 4 heteroatoms. The van der Waals surface area contributed by atoms with Crippen molar-refractivity contribution < 1.29 is 4.74 Å². The molecule has 12 heavy (non-hydrogen) atoms. The summed E-state index contributed by atoms with van der Waals surface area (Å²) in [5.41, 5.74) is 5.69. The number of methoxy groups -OCH3 is 1. The molecule has 0 aliphatic heterocycles. The molecule has 1 unspecified atom stereocenters. The molecule has 0 aromatic carbocycles. The fraction of sp³-hybridized carbons (Fsp3) is 0.625. The Morgan fingerprint density at radius 2 is 2.50 bits per heavy atom. The first-order valence-corrected chi connectivity index (χ1v) is 4.72. The van der Waals surface area contributed by atoms with E-state index in [4.69, 9.17) is 10.5 Å². The van der Waals surface area contributed by atoms with Crippen LogP contribution in [0, 0.1) is 0 Å². The van der Waals surface area contributed by atoms with E-state index in [2.05, 4.69) is 4.98 Å². The molecular weight excluding hydrogens is 172 g/mol. The highest BCUT2D eigenvalue weighted by Gasteiger charge is 2.23. The normalized spacial score (nSPS) is 15.9. The van der Waals surface area contributed by atoms with E-state index in [1.54, 1.807) is 24.6 Å². The predicted molar refractivity (Wildman–Crippen MR) is 50.1 cm³/mol. The first-order chi connectivity index (χ1) is 5.67. The number of ether oxygens (including phenoxy) is 1. The topological polar surface area (TPSA) is 48.1 Å². The maximum absolute atomic E-state index is 6.04. The Bertz CT molecular complexity index is 221. The van der Waals surface area contributed by atoms with Crippen LogP contribution in [0.25, 0.3) is 0 Å². The van der Waals surface area contributed by atoms with Gasteiger partial charge in [0.25, 0.3) is 0 Å². The molecule has 3 nitrogen and oxygen atoms in total. The Morgan fingerprint density at radius 1 is 1.75 bits per heavy atom. The Morgan fingerprint density at radius 3 is 3.00 bits per heavy atom. The minimum atomic E-state index is -0.343. The van der Waals surface area contributed by atoms with Crippen molar-refractivity contribution in [3.8, 4) is 0 Å². The van der Waals surface area contributed by atoms with Crippen molar-refractivity contribution in [1.29, 1.82) is 0 Å². The number of hydrogen-bond acceptors (Lipinski definition) is 4. The van der Waals surface area contributed by atoms with Crippen LogP contribution in [0.3, 0.4) is 0 Å². The van der Waals surface area contributed by atoms with Gasteiger partial charge in [0.05, 0.1) is 5.54 Å². The first-order valence-electron chi connectivity index (χ1n) is 3.84. The number of hydrogen-bond donors (Lipinski definition) is 1. The van der Waals surface area contributed by atoms with Gasteiger partial charge in [0.15, 0.2) is 0 Å². The summed E-state index contributed by atoms with van der Waals surface area (Å²) in [7, 11) is 1.68. The van der Waals surface area contributed by atoms with E-state index >= 15 is 0 Å². The monoisotopic (exact) mass is 186 g/mol. The summed E-state index contributed by atoms with van der Waals surface area (Å²) in [6.07, 6.45) is 2.58. The van der Waals surface area contributed by atoms with Crippen LogP contribution in [0.4, 0.5) is 0 Å². The van der Waals surface area contributed by atoms with E-state index in [9.17, 15) is 0 Å². The molecule has 0 amide bonds. The third-order valence-corrected chi connectivity index (χ3v) is 2.80. The van der Waals surface area contributed by atoms with Gasteiger partial charge in [0, 0.05) is 25.3 Å². The quantitative estimate of drug-likeness (QED) is 0.772. The summed E-state index contributed by atoms with van der Waals surface area (Å²) >= 11 is 1.59. The summed E-state index contributed by atoms with van der Waals surface area (Å²) in [6, 6.07) is 0. The second kappa shape index (κ2) is 3.98. The molecule has 1 rings (SSSR count). The third kappa shape index (κ3) is 2.27. The van der Waals surface area contributed by atoms with Gasteiger partial charge in [-0.2, -0.15) is 0 Å². The highest BCUT2D eigenvalue weighted by molar-refractivity contribution is 7.09. The Kier molecular flexibility index (Phi) is 3.20. The molecular formula is C8H14N2OS. The molecule has 0 saturated heterocycles. The maximum atomic E-state index is 6.04. The van der Waals surface area contributed by atoms with Crippen molar-refractivity contribution in [2.75, 3.05) is 13.7 Å². The van der Waals surface area contributed by atoms with Crippen molar-refractivity contribution in [3.63, 3.8) is 0 Å². The summed E-state index contributed by atoms with van der Waals surface area (Å²) < 4.78 is 4.97. The summed E-state index contributed by atoms with van der Waals surface area (Å²) in [4.78, 5) is 4.18. The van der Waals surface area contributed by atoms with Gasteiger partial charge >= 0.3 is 0 Å². The molecule has 0 aliphatic carbocycles. The SMILES string of the molecule is COCCC(C)(N)c1nccs1. The van der Waals surface area contributed by atoms with Crippen LogP contribution in [-0.2, 0) is 10.3 Å². The average molecular weight is 186 g/mol. The van der Waals surface area contributed by atoms with Gasteiger partial charge in [0.2, 0.25) is 0 Å². The molecule has 0 fully saturated rings. The van der Waals surface area contributed by atoms with Crippen LogP contribution in [0.1, 0.15) is 18.4 Å². The lowest BCUT2D eigenvalue weighted by Crippen LogP contribution is -2.34. The Labute approximate surface area is 76.6 Å². The van der Waals surface area contributed by atoms with Crippen LogP contribution < -0.4 is 5.73 Å². The van der Waals surface area contributed by atoms with E-state index < -0.39 is 0 Å². The average Bonchev–Trinajstić information content (AvgIpc) is 2.53. The molecule has 1 aromatic heterocycles. The summed E-state index contributed by atoms with van der Waals surface area (Å²) in [5.74, 6) is 0. The molecule has 0 spiro atoms. The predicted octanol–water partition coefficient (Wildman–Crippen LogP) is 1.35. The van der Waals surface area contributed by atoms with Gasteiger partial charge in [-0.3, -0.25) is 0 Å². The van der Waals surface area contributed by atoms with Gasteiger partial charge in [-0.05, 0) is 13.3 Å². The van der Waals surface area contributed by atoms with Crippen molar-refractivity contribution in [2.24, 2.45) is 5.73 Å². The van der Waals surface area contributed by atoms with Crippen LogP contribution in [0.2, 0.25) is 0 Å². The molecule has 0 saturated carbocycles. The minimum Gasteiger partial charge on any atom is -0.385 e. The van der Waals surface area contributed by atoms with Crippen LogP contribution >= 0.6 is 11.3 Å². The standard InChI is InChI=1S/C8H14N2OS/c1-8(9,3-5-11-2)7-10-4-6-12-7/h4,6H,3,5,9H2,1-2H3. The first kappa shape index (κ1) is 9.64. The maximum Gasteiger partial charge on any atom is 0.112 e. The molecule has 0 bridgehead atoms. The van der Waals surface area contributed by atoms with E-state index in [1.807, 2.05) is 12.3 Å². The van der Waals surface area contributed by atoms with E-state index in [1.165, 1.54) is 0 Å². The van der Waals surface area contributed by atoms with Gasteiger partial charge in [-0.25, -0.2) is 4.98 Å². The van der Waals surface area contributed by atoms with E-state index in [-0.39, 0.29) is 5.54 Å². The van der Waals surface area contributed by atoms with Crippen molar-refractivity contribution in [1.82, 2.24) is 4.98 Å². The fourth-order valence-electron chi connectivity index (χ4n) is 0.927. The molecule has 1 aromatic rings. The molecule has 1 heterocycles. The lowest BCUT2D eigenvalue weighted by atomic mass is 10.0. The minimum absolute atomic E-state index is 0.343. The van der Waals surface area contributed by atoms with Gasteiger partial charge < -0.3 is 10.5 Å². The van der Waals surface area contributed by atoms with Crippen molar-refractivity contribution >= 4 is 11.3 Å². The van der Waals surface area contributed by atoms with Crippen molar-refractivity contribution in [2.45, 2.75) is 18.9 Å². The summed E-state index contributed by atoms with van der Waals surface area (Å²) in [6.45, 7) is 2.65. The van der Waals surface area contributed by atoms with Crippen LogP contribution in [-0.4, -0.2) is 18.7 Å². The number of nitrogens with zero attached hydrogens (tertiary/aromatic N) is 1. The zero-order chi connectivity index (χ0) is 9.03. The molecule has 68 valence electrons. The second-order valence-electron chi connectivity index (χ2n) is 3.00. The number of nitrogens with two attached hydrogens (primary N) is 1. The second-order valence-corrected chi connectivity index (χ2v) is 3.89. The lowest BCUT2D eigenvalue weighted by molar-refractivity contribution is 0.172. The largest absolute Gasteiger partial charge is 0.385 e. The van der Waals surface area contributed by atoms with E-state index in [0.29, 0.717) is 6.61 Å². The Balaban J connectivity index is 2.59. The smallest absolute Gasteiger partial charge is 0.112 e. The van der Waals surface area contributed by atoms with E-state index in [0.717, 1.165) is 11.4 Å². The van der Waals surface area contributed by atoms with Crippen LogP contribution in [0.5, 0.6) is 0 Å². The van der Waals surface area contributed by atoms with Crippen molar-refractivity contribution in [3.05, 3.63) is 16.6 Å².